The molecule has 0 spiro atoms. The molecule has 19 heteroatoms. The fourth-order valence-electron chi connectivity index (χ4n) is 13.9. The number of aliphatic hydroxyl groups excluding tert-OH is 11. The zero-order chi connectivity index (χ0) is 46.2. The van der Waals surface area contributed by atoms with E-state index in [1.54, 1.807) is 0 Å². The third-order valence-corrected chi connectivity index (χ3v) is 17.7. The number of hydrogen-bond donors (Lipinski definition) is 12. The molecule has 368 valence electrons. The second kappa shape index (κ2) is 19.1. The summed E-state index contributed by atoms with van der Waals surface area (Å²) < 4.78 is 41.1. The summed E-state index contributed by atoms with van der Waals surface area (Å²) in [5.41, 5.74) is 0.692. The van der Waals surface area contributed by atoms with Gasteiger partial charge in [0.2, 0.25) is 0 Å². The first-order valence-corrected chi connectivity index (χ1v) is 23.5. The SMILES string of the molecule is C=C(CCC1(O)OC2CC3C4CCC5CC(OC6OC(COC7OC(CO)C(O)C(O)C7O)C(O)C(O)C6O)CCC5(C)C4CCC3(C)C2C1C)COC1OC(CO)C(O)C(O)C1O. The lowest BCUT2D eigenvalue weighted by molar-refractivity contribution is -0.338. The Morgan fingerprint density at radius 1 is 0.641 bits per heavy atom. The van der Waals surface area contributed by atoms with E-state index in [0.29, 0.717) is 48.5 Å². The number of aliphatic hydroxyl groups is 12. The van der Waals surface area contributed by atoms with Crippen LogP contribution in [0.2, 0.25) is 0 Å². The fraction of sp³-hybridized carbons (Fsp3) is 0.956. The van der Waals surface area contributed by atoms with Crippen LogP contribution in [0.25, 0.3) is 0 Å². The molecule has 0 aromatic carbocycles. The van der Waals surface area contributed by atoms with Gasteiger partial charge in [0.15, 0.2) is 24.7 Å². The van der Waals surface area contributed by atoms with E-state index in [0.717, 1.165) is 44.9 Å². The molecule has 0 radical (unpaired) electrons. The van der Waals surface area contributed by atoms with Gasteiger partial charge in [0.05, 0.1) is 38.6 Å². The fourth-order valence-corrected chi connectivity index (χ4v) is 13.9. The van der Waals surface area contributed by atoms with Gasteiger partial charge in [0.25, 0.3) is 0 Å². The van der Waals surface area contributed by atoms with Gasteiger partial charge in [-0.25, -0.2) is 0 Å². The predicted molar refractivity (Wildman–Crippen MR) is 219 cm³/mol. The topological polar surface area (TPSA) is 307 Å². The summed E-state index contributed by atoms with van der Waals surface area (Å²) in [5, 5.41) is 125. The molecule has 0 aromatic rings. The predicted octanol–water partition coefficient (Wildman–Crippen LogP) is -1.86. The van der Waals surface area contributed by atoms with Crippen LogP contribution in [0.3, 0.4) is 0 Å². The van der Waals surface area contributed by atoms with Crippen LogP contribution >= 0.6 is 0 Å². The molecule has 8 rings (SSSR count). The third-order valence-electron chi connectivity index (χ3n) is 17.7. The summed E-state index contributed by atoms with van der Waals surface area (Å²) in [4.78, 5) is 0. The van der Waals surface area contributed by atoms with Gasteiger partial charge in [-0.1, -0.05) is 32.9 Å². The number of rotatable bonds is 13. The lowest BCUT2D eigenvalue weighted by atomic mass is 9.44. The van der Waals surface area contributed by atoms with Crippen LogP contribution in [0.5, 0.6) is 0 Å². The summed E-state index contributed by atoms with van der Waals surface area (Å²) in [6.07, 6.45) is -13.8. The number of ether oxygens (including phenoxy) is 7. The van der Waals surface area contributed by atoms with Crippen molar-refractivity contribution >= 4 is 0 Å². The van der Waals surface area contributed by atoms with Gasteiger partial charge in [-0.15, -0.1) is 0 Å². The minimum absolute atomic E-state index is 0.00855. The molecule has 64 heavy (non-hydrogen) atoms. The first-order chi connectivity index (χ1) is 30.3. The van der Waals surface area contributed by atoms with Crippen molar-refractivity contribution in [3.05, 3.63) is 12.2 Å². The van der Waals surface area contributed by atoms with Crippen molar-refractivity contribution in [1.82, 2.24) is 0 Å². The van der Waals surface area contributed by atoms with Crippen molar-refractivity contribution in [1.29, 1.82) is 0 Å². The highest BCUT2D eigenvalue weighted by atomic mass is 16.7. The minimum Gasteiger partial charge on any atom is -0.394 e. The molecular formula is C45H74O19. The van der Waals surface area contributed by atoms with Crippen molar-refractivity contribution in [2.24, 2.45) is 46.3 Å². The van der Waals surface area contributed by atoms with Crippen LogP contribution in [0.4, 0.5) is 0 Å². The van der Waals surface area contributed by atoms with Crippen molar-refractivity contribution in [2.75, 3.05) is 26.4 Å². The van der Waals surface area contributed by atoms with Crippen molar-refractivity contribution < 1.29 is 94.4 Å². The second-order valence-corrected chi connectivity index (χ2v) is 21.1. The van der Waals surface area contributed by atoms with Crippen LogP contribution in [0.15, 0.2) is 12.2 Å². The summed E-state index contributed by atoms with van der Waals surface area (Å²) in [6.45, 7) is 9.38. The molecule has 4 aliphatic heterocycles. The van der Waals surface area contributed by atoms with E-state index in [4.69, 9.17) is 33.2 Å². The average Bonchev–Trinajstić information content (AvgIpc) is 3.71. The van der Waals surface area contributed by atoms with Crippen molar-refractivity contribution in [3.8, 4) is 0 Å². The van der Waals surface area contributed by atoms with E-state index in [1.165, 1.54) is 0 Å². The summed E-state index contributed by atoms with van der Waals surface area (Å²) in [7, 11) is 0. The van der Waals surface area contributed by atoms with E-state index in [1.807, 2.05) is 0 Å². The highest BCUT2D eigenvalue weighted by molar-refractivity contribution is 5.15. The quantitative estimate of drug-likeness (QED) is 0.0712. The molecular weight excluding hydrogens is 844 g/mol. The van der Waals surface area contributed by atoms with Gasteiger partial charge >= 0.3 is 0 Å². The monoisotopic (exact) mass is 918 g/mol. The van der Waals surface area contributed by atoms with Crippen LogP contribution in [-0.2, 0) is 33.2 Å². The Kier molecular flexibility index (Phi) is 14.7. The summed E-state index contributed by atoms with van der Waals surface area (Å²) in [5.74, 6) is 0.520. The summed E-state index contributed by atoms with van der Waals surface area (Å²) >= 11 is 0. The third kappa shape index (κ3) is 8.68. The highest BCUT2D eigenvalue weighted by Gasteiger charge is 2.68. The van der Waals surface area contributed by atoms with E-state index in [-0.39, 0.29) is 41.5 Å². The zero-order valence-corrected chi connectivity index (χ0v) is 37.1. The molecule has 0 aromatic heterocycles. The number of fused-ring (bicyclic) bond motifs is 7. The van der Waals surface area contributed by atoms with Crippen molar-refractivity contribution in [3.63, 3.8) is 0 Å². The molecule has 8 aliphatic rings. The van der Waals surface area contributed by atoms with Crippen molar-refractivity contribution in [2.45, 2.75) is 195 Å². The Labute approximate surface area is 373 Å². The zero-order valence-electron chi connectivity index (χ0n) is 37.1. The normalized spacial score (nSPS) is 55.0. The first kappa shape index (κ1) is 49.4. The van der Waals surface area contributed by atoms with Gasteiger partial charge in [-0.3, -0.25) is 0 Å². The Morgan fingerprint density at radius 3 is 1.83 bits per heavy atom. The molecule has 12 N–H and O–H groups in total. The van der Waals surface area contributed by atoms with Gasteiger partial charge in [-0.05, 0) is 98.2 Å². The summed E-state index contributed by atoms with van der Waals surface area (Å²) in [6, 6.07) is 0. The molecule has 19 nitrogen and oxygen atoms in total. The average molecular weight is 919 g/mol. The highest BCUT2D eigenvalue weighted by Crippen LogP contribution is 2.71. The van der Waals surface area contributed by atoms with E-state index in [9.17, 15) is 61.3 Å². The van der Waals surface area contributed by atoms with Gasteiger partial charge in [0, 0.05) is 12.3 Å². The molecule has 0 bridgehead atoms. The largest absolute Gasteiger partial charge is 0.394 e. The lowest BCUT2D eigenvalue weighted by Crippen LogP contribution is -2.62. The first-order valence-electron chi connectivity index (χ1n) is 23.5. The van der Waals surface area contributed by atoms with Crippen LogP contribution in [-0.4, -0.2) is 198 Å². The maximum atomic E-state index is 12.0. The second-order valence-electron chi connectivity index (χ2n) is 21.1. The van der Waals surface area contributed by atoms with Crippen LogP contribution in [0.1, 0.15) is 85.0 Å². The Hall–Kier alpha value is -1.02. The standard InChI is InChI=1S/C45H74O19/c1-19(17-58-40-37(54)34(51)31(48)27(15-46)61-40)7-12-45(57)20(2)30-26(64-45)14-25-23-6-5-21-13-22(8-10-43(21,3)24(23)9-11-44(25,30)4)60-42-39(56)36(53)33(50)29(63-42)18-59-41-38(55)35(52)32(49)28(16-47)62-41/h20-42,46-57H,1,5-18H2,2-4H3. The van der Waals surface area contributed by atoms with Gasteiger partial charge < -0.3 is 94.4 Å². The molecule has 4 heterocycles. The molecule has 8 fully saturated rings. The van der Waals surface area contributed by atoms with Crippen LogP contribution in [0, 0.1) is 46.3 Å². The van der Waals surface area contributed by atoms with E-state index < -0.39 is 118 Å². The molecule has 4 saturated carbocycles. The maximum absolute atomic E-state index is 12.0. The molecule has 0 amide bonds. The van der Waals surface area contributed by atoms with E-state index in [2.05, 4.69) is 27.4 Å². The molecule has 26 unspecified atom stereocenters. The van der Waals surface area contributed by atoms with E-state index >= 15 is 0 Å². The molecule has 4 saturated heterocycles. The Morgan fingerprint density at radius 2 is 1.20 bits per heavy atom. The van der Waals surface area contributed by atoms with Gasteiger partial charge in [-0.2, -0.15) is 0 Å². The maximum Gasteiger partial charge on any atom is 0.187 e. The Balaban J connectivity index is 0.834. The smallest absolute Gasteiger partial charge is 0.187 e. The van der Waals surface area contributed by atoms with Crippen LogP contribution < -0.4 is 0 Å². The number of hydrogen-bond acceptors (Lipinski definition) is 19. The van der Waals surface area contributed by atoms with Gasteiger partial charge in [0.1, 0.15) is 73.2 Å². The Bertz CT molecular complexity index is 1610. The molecule has 4 aliphatic carbocycles. The molecule has 26 atom stereocenters. The minimum atomic E-state index is -1.66. The lowest BCUT2D eigenvalue weighted by Gasteiger charge is -2.61.